The second-order valence-electron chi connectivity index (χ2n) is 8.12. The van der Waals surface area contributed by atoms with Crippen LogP contribution < -0.4 is 10.6 Å². The number of hydrogen-bond donors (Lipinski definition) is 2. The molecule has 2 N–H and O–H groups in total. The summed E-state index contributed by atoms with van der Waals surface area (Å²) in [6.07, 6.45) is 13.8. The molecule has 4 atom stereocenters. The van der Waals surface area contributed by atoms with Gasteiger partial charge in [0.25, 0.3) is 0 Å². The molecule has 2 aliphatic heterocycles. The van der Waals surface area contributed by atoms with Crippen molar-refractivity contribution in [2.75, 3.05) is 13.1 Å². The van der Waals surface area contributed by atoms with E-state index in [0.717, 1.165) is 37.1 Å². The monoisotopic (exact) mass is 378 g/mol. The van der Waals surface area contributed by atoms with E-state index in [9.17, 15) is 9.65 Å². The third kappa shape index (κ3) is 3.49. The first-order valence-electron chi connectivity index (χ1n) is 10.2. The molecule has 5 heteroatoms. The van der Waals surface area contributed by atoms with Crippen molar-refractivity contribution in [3.8, 4) is 6.07 Å². The minimum absolute atomic E-state index is 0.176. The highest BCUT2D eigenvalue weighted by molar-refractivity contribution is 5.76. The number of hydrogen-bond acceptors (Lipinski definition) is 4. The maximum Gasteiger partial charge on any atom is 0.118 e. The minimum atomic E-state index is -0.714. The topological polar surface area (TPSA) is 60.2 Å². The lowest BCUT2D eigenvalue weighted by Crippen LogP contribution is -2.43. The van der Waals surface area contributed by atoms with E-state index >= 15 is 0 Å². The highest BCUT2D eigenvalue weighted by Crippen LogP contribution is 2.41. The van der Waals surface area contributed by atoms with Crippen molar-refractivity contribution in [1.82, 2.24) is 10.6 Å². The maximum atomic E-state index is 14.1. The number of nitriles is 1. The van der Waals surface area contributed by atoms with E-state index in [1.54, 1.807) is 0 Å². The van der Waals surface area contributed by atoms with Gasteiger partial charge in [-0.1, -0.05) is 19.1 Å². The van der Waals surface area contributed by atoms with Gasteiger partial charge in [-0.15, -0.1) is 0 Å². The van der Waals surface area contributed by atoms with Gasteiger partial charge >= 0.3 is 0 Å². The Morgan fingerprint density at radius 2 is 1.96 bits per heavy atom. The van der Waals surface area contributed by atoms with Crippen molar-refractivity contribution in [3.05, 3.63) is 58.6 Å². The summed E-state index contributed by atoms with van der Waals surface area (Å²) >= 11 is 0. The number of dihydropyridines is 1. The fourth-order valence-corrected chi connectivity index (χ4v) is 4.66. The summed E-state index contributed by atoms with van der Waals surface area (Å²) in [6.45, 7) is 6.15. The molecule has 146 valence electrons. The summed E-state index contributed by atoms with van der Waals surface area (Å²) in [7, 11) is 0. The lowest BCUT2D eigenvalue weighted by Gasteiger charge is -2.36. The smallest absolute Gasteiger partial charge is 0.118 e. The number of aliphatic imine (C=N–C) groups is 1. The zero-order valence-corrected chi connectivity index (χ0v) is 16.5. The summed E-state index contributed by atoms with van der Waals surface area (Å²) in [6, 6.07) is 2.76. The predicted molar refractivity (Wildman–Crippen MR) is 110 cm³/mol. The molecule has 0 radical (unpaired) electrons. The Morgan fingerprint density at radius 1 is 1.18 bits per heavy atom. The van der Waals surface area contributed by atoms with Crippen molar-refractivity contribution in [2.24, 2.45) is 22.7 Å². The van der Waals surface area contributed by atoms with Crippen LogP contribution in [0.1, 0.15) is 26.7 Å². The number of nitrogens with one attached hydrogen (secondary N) is 2. The van der Waals surface area contributed by atoms with Gasteiger partial charge in [0.15, 0.2) is 0 Å². The summed E-state index contributed by atoms with van der Waals surface area (Å²) in [4.78, 5) is 4.60. The predicted octanol–water partition coefficient (Wildman–Crippen LogP) is 3.74. The van der Waals surface area contributed by atoms with Gasteiger partial charge in [-0.2, -0.15) is 5.26 Å². The molecule has 4 aliphatic rings. The maximum absolute atomic E-state index is 14.1. The summed E-state index contributed by atoms with van der Waals surface area (Å²) in [5.74, 6) is -1.01. The zero-order chi connectivity index (χ0) is 19.7. The Balaban J connectivity index is 1.69. The van der Waals surface area contributed by atoms with Crippen molar-refractivity contribution in [1.29, 1.82) is 5.26 Å². The van der Waals surface area contributed by atoms with Crippen molar-refractivity contribution < 1.29 is 4.39 Å². The van der Waals surface area contributed by atoms with E-state index in [1.807, 2.05) is 19.2 Å². The number of fused-ring (bicyclic) bond motifs is 1. The molecule has 0 amide bonds. The first kappa shape index (κ1) is 18.9. The molecule has 0 aromatic rings. The first-order valence-corrected chi connectivity index (χ1v) is 10.2. The molecule has 4 rings (SSSR count). The molecule has 2 aliphatic carbocycles. The van der Waals surface area contributed by atoms with Gasteiger partial charge in [0.1, 0.15) is 11.7 Å². The number of allylic oxidation sites excluding steroid dienone is 8. The van der Waals surface area contributed by atoms with Crippen LogP contribution in [0.15, 0.2) is 63.6 Å². The van der Waals surface area contributed by atoms with Crippen molar-refractivity contribution in [2.45, 2.75) is 38.8 Å². The zero-order valence-electron chi connectivity index (χ0n) is 16.5. The molecule has 0 bridgehead atoms. The van der Waals surface area contributed by atoms with Crippen LogP contribution in [0.4, 0.5) is 4.39 Å². The summed E-state index contributed by atoms with van der Waals surface area (Å²) < 4.78 is 14.1. The van der Waals surface area contributed by atoms with Crippen LogP contribution in [0.2, 0.25) is 0 Å². The SMILES string of the molecule is CC1N=CC=C2C=C(C3=CC=C(F)C(C#N)C3C)C=C(NC3CCNCC3)C21. The Morgan fingerprint density at radius 3 is 2.71 bits per heavy atom. The van der Waals surface area contributed by atoms with Gasteiger partial charge in [0.2, 0.25) is 0 Å². The second kappa shape index (κ2) is 7.89. The van der Waals surface area contributed by atoms with Crippen LogP contribution in [-0.4, -0.2) is 31.4 Å². The number of halogens is 1. The van der Waals surface area contributed by atoms with E-state index in [2.05, 4.69) is 46.8 Å². The highest BCUT2D eigenvalue weighted by Gasteiger charge is 2.34. The van der Waals surface area contributed by atoms with Crippen molar-refractivity contribution in [3.63, 3.8) is 0 Å². The van der Waals surface area contributed by atoms with Gasteiger partial charge in [0.05, 0.1) is 12.1 Å². The van der Waals surface area contributed by atoms with E-state index in [0.29, 0.717) is 6.04 Å². The largest absolute Gasteiger partial charge is 0.385 e. The Labute approximate surface area is 166 Å². The molecular formula is C23H27FN4. The lowest BCUT2D eigenvalue weighted by molar-refractivity contribution is 0.391. The minimum Gasteiger partial charge on any atom is -0.385 e. The summed E-state index contributed by atoms with van der Waals surface area (Å²) in [5.41, 5.74) is 4.51. The van der Waals surface area contributed by atoms with Crippen LogP contribution in [0.5, 0.6) is 0 Å². The third-order valence-electron chi connectivity index (χ3n) is 6.29. The fraction of sp³-hybridized carbons (Fsp3) is 0.478. The van der Waals surface area contributed by atoms with Gasteiger partial charge in [0, 0.05) is 29.8 Å². The molecule has 2 heterocycles. The molecule has 0 spiro atoms. The normalized spacial score (nSPS) is 32.9. The van der Waals surface area contributed by atoms with Crippen molar-refractivity contribution >= 4 is 6.21 Å². The first-order chi connectivity index (χ1) is 13.6. The second-order valence-corrected chi connectivity index (χ2v) is 8.12. The van der Waals surface area contributed by atoms with Crippen LogP contribution in [0.3, 0.4) is 0 Å². The lowest BCUT2D eigenvalue weighted by atomic mass is 9.75. The highest BCUT2D eigenvalue weighted by atomic mass is 19.1. The molecule has 0 saturated carbocycles. The number of rotatable bonds is 3. The Kier molecular flexibility index (Phi) is 5.32. The van der Waals surface area contributed by atoms with E-state index in [1.165, 1.54) is 17.3 Å². The average Bonchev–Trinajstić information content (AvgIpc) is 2.69. The molecule has 0 aromatic carbocycles. The number of piperidine rings is 1. The van der Waals surface area contributed by atoms with E-state index < -0.39 is 5.92 Å². The quantitative estimate of drug-likeness (QED) is 0.787. The van der Waals surface area contributed by atoms with Gasteiger partial charge in [-0.25, -0.2) is 4.39 Å². The van der Waals surface area contributed by atoms with Gasteiger partial charge in [-0.3, -0.25) is 4.99 Å². The molecule has 4 nitrogen and oxygen atoms in total. The Hall–Kier alpha value is -2.45. The van der Waals surface area contributed by atoms with Gasteiger partial charge in [-0.05, 0) is 67.8 Å². The summed E-state index contributed by atoms with van der Waals surface area (Å²) in [5, 5.41) is 16.6. The van der Waals surface area contributed by atoms with Crippen LogP contribution in [-0.2, 0) is 0 Å². The molecular weight excluding hydrogens is 351 g/mol. The van der Waals surface area contributed by atoms with E-state index in [4.69, 9.17) is 0 Å². The molecule has 1 saturated heterocycles. The van der Waals surface area contributed by atoms with E-state index in [-0.39, 0.29) is 23.7 Å². The molecule has 28 heavy (non-hydrogen) atoms. The van der Waals surface area contributed by atoms with Gasteiger partial charge < -0.3 is 10.6 Å². The Bertz CT molecular complexity index is 862. The molecule has 1 fully saturated rings. The standard InChI is InChI=1S/C23H27FN4/c1-14-19(3-4-21(24)20(14)13-25)17-11-16-5-10-27-15(2)23(16)22(12-17)28-18-6-8-26-9-7-18/h3-5,10-12,14-15,18,20,23,26,28H,6-9H2,1-2H3. The van der Waals surface area contributed by atoms with Crippen LogP contribution >= 0.6 is 0 Å². The fourth-order valence-electron chi connectivity index (χ4n) is 4.66. The average molecular weight is 378 g/mol. The number of nitrogens with zero attached hydrogens (tertiary/aromatic N) is 2. The third-order valence-corrected chi connectivity index (χ3v) is 6.29. The molecule has 0 aromatic heterocycles. The van der Waals surface area contributed by atoms with Crippen LogP contribution in [0.25, 0.3) is 0 Å². The molecule has 4 unspecified atom stereocenters. The van der Waals surface area contributed by atoms with Crippen LogP contribution in [0, 0.1) is 29.1 Å².